The van der Waals surface area contributed by atoms with Crippen LogP contribution in [0, 0.1) is 6.92 Å². The van der Waals surface area contributed by atoms with E-state index in [9.17, 15) is 14.4 Å². The second-order valence-electron chi connectivity index (χ2n) is 6.83. The maximum atomic E-state index is 13.2. The number of fused-ring (bicyclic) bond motifs is 3. The van der Waals surface area contributed by atoms with Gasteiger partial charge in [0, 0.05) is 22.6 Å². The zero-order valence-corrected chi connectivity index (χ0v) is 14.4. The van der Waals surface area contributed by atoms with Crippen LogP contribution in [0.1, 0.15) is 38.5 Å². The number of allylic oxidation sites excluding steroid dienone is 1. The van der Waals surface area contributed by atoms with Gasteiger partial charge in [-0.05, 0) is 12.5 Å². The first-order chi connectivity index (χ1) is 13.0. The van der Waals surface area contributed by atoms with Crippen LogP contribution in [0.3, 0.4) is 0 Å². The number of hydrogen-bond acceptors (Lipinski definition) is 4. The molecule has 0 saturated heterocycles. The van der Waals surface area contributed by atoms with Crippen molar-refractivity contribution in [3.8, 4) is 0 Å². The predicted molar refractivity (Wildman–Crippen MR) is 102 cm³/mol. The number of aryl methyl sites for hydroxylation is 1. The molecular weight excluding hydrogens is 342 g/mol. The number of rotatable bonds is 1. The van der Waals surface area contributed by atoms with Crippen molar-refractivity contribution in [2.24, 2.45) is 0 Å². The number of ketones is 1. The Morgan fingerprint density at radius 3 is 2.30 bits per heavy atom. The van der Waals surface area contributed by atoms with Gasteiger partial charge >= 0.3 is 5.69 Å². The molecule has 6 nitrogen and oxygen atoms in total. The number of aromatic nitrogens is 2. The van der Waals surface area contributed by atoms with Gasteiger partial charge in [-0.15, -0.1) is 0 Å². The molecule has 1 aliphatic carbocycles. The van der Waals surface area contributed by atoms with Crippen molar-refractivity contribution in [3.05, 3.63) is 103 Å². The number of nitrogens with one attached hydrogen (secondary N) is 3. The van der Waals surface area contributed by atoms with Gasteiger partial charge in [-0.3, -0.25) is 19.6 Å². The van der Waals surface area contributed by atoms with Gasteiger partial charge in [-0.25, -0.2) is 4.79 Å². The Hall–Kier alpha value is -3.67. The van der Waals surface area contributed by atoms with Gasteiger partial charge in [0.05, 0.1) is 11.3 Å². The standard InChI is InChI=1S/C21H15N3O3/c1-10-6-8-11(9-7-10)14-15-17(12-4-2-3-5-13(12)18(15)25)22-19-16(14)20(26)24-21(27)23-19/h2-9,14H,1H3,(H3,22,23,24,26,27). The van der Waals surface area contributed by atoms with Crippen LogP contribution >= 0.6 is 0 Å². The molecule has 2 heterocycles. The van der Waals surface area contributed by atoms with Crippen molar-refractivity contribution >= 4 is 17.3 Å². The van der Waals surface area contributed by atoms with E-state index in [0.29, 0.717) is 28.2 Å². The van der Waals surface area contributed by atoms with Crippen molar-refractivity contribution in [2.75, 3.05) is 5.32 Å². The quantitative estimate of drug-likeness (QED) is 0.624. The highest BCUT2D eigenvalue weighted by Gasteiger charge is 2.41. The van der Waals surface area contributed by atoms with E-state index < -0.39 is 17.2 Å². The summed E-state index contributed by atoms with van der Waals surface area (Å²) in [6.45, 7) is 1.98. The number of Topliss-reactive ketones (excluding diaryl/α,β-unsaturated/α-hetero) is 1. The Kier molecular flexibility index (Phi) is 3.12. The van der Waals surface area contributed by atoms with Crippen LogP contribution in [0.25, 0.3) is 5.70 Å². The minimum atomic E-state index is -0.587. The normalized spacial score (nSPS) is 17.2. The number of anilines is 1. The fourth-order valence-electron chi connectivity index (χ4n) is 3.94. The van der Waals surface area contributed by atoms with Crippen LogP contribution in [0.4, 0.5) is 5.82 Å². The third-order valence-electron chi connectivity index (χ3n) is 5.17. The zero-order valence-electron chi connectivity index (χ0n) is 14.4. The first kappa shape index (κ1) is 15.6. The highest BCUT2D eigenvalue weighted by atomic mass is 16.2. The molecule has 5 rings (SSSR count). The van der Waals surface area contributed by atoms with Crippen molar-refractivity contribution in [3.63, 3.8) is 0 Å². The number of hydrogen-bond donors (Lipinski definition) is 3. The second-order valence-corrected chi connectivity index (χ2v) is 6.83. The van der Waals surface area contributed by atoms with Crippen molar-refractivity contribution in [2.45, 2.75) is 12.8 Å². The monoisotopic (exact) mass is 357 g/mol. The Bertz CT molecular complexity index is 1260. The highest BCUT2D eigenvalue weighted by molar-refractivity contribution is 6.23. The van der Waals surface area contributed by atoms with Crippen LogP contribution in [-0.4, -0.2) is 15.8 Å². The number of H-pyrrole nitrogens is 2. The molecule has 1 aromatic heterocycles. The lowest BCUT2D eigenvalue weighted by Gasteiger charge is -2.27. The van der Waals surface area contributed by atoms with E-state index in [0.717, 1.165) is 16.7 Å². The van der Waals surface area contributed by atoms with E-state index in [2.05, 4.69) is 15.3 Å². The molecule has 2 aliphatic rings. The lowest BCUT2D eigenvalue weighted by atomic mass is 9.81. The van der Waals surface area contributed by atoms with Crippen LogP contribution in [0.15, 0.2) is 63.7 Å². The summed E-state index contributed by atoms with van der Waals surface area (Å²) in [5.74, 6) is -0.329. The molecule has 6 heteroatoms. The van der Waals surface area contributed by atoms with E-state index in [1.54, 1.807) is 6.07 Å². The summed E-state index contributed by atoms with van der Waals surface area (Å²) < 4.78 is 0. The SMILES string of the molecule is Cc1ccc(C2C3=C(Nc4[nH]c(=O)[nH]c(=O)c42)c2ccccc2C3=O)cc1. The third kappa shape index (κ3) is 2.16. The average Bonchev–Trinajstić information content (AvgIpc) is 2.93. The number of aromatic amines is 2. The van der Waals surface area contributed by atoms with Crippen molar-refractivity contribution in [1.29, 1.82) is 0 Å². The molecule has 1 aliphatic heterocycles. The van der Waals surface area contributed by atoms with Crippen LogP contribution in [0.2, 0.25) is 0 Å². The minimum absolute atomic E-state index is 0.102. The second kappa shape index (κ2) is 5.41. The summed E-state index contributed by atoms with van der Waals surface area (Å²) in [6, 6.07) is 15.1. The van der Waals surface area contributed by atoms with Crippen molar-refractivity contribution in [1.82, 2.24) is 9.97 Å². The summed E-state index contributed by atoms with van der Waals surface area (Å²) in [7, 11) is 0. The molecule has 27 heavy (non-hydrogen) atoms. The van der Waals surface area contributed by atoms with Gasteiger partial charge < -0.3 is 5.32 Å². The van der Waals surface area contributed by atoms with E-state index in [-0.39, 0.29) is 5.78 Å². The number of benzene rings is 2. The Balaban J connectivity index is 1.84. The Labute approximate surface area is 153 Å². The fourth-order valence-corrected chi connectivity index (χ4v) is 3.94. The summed E-state index contributed by atoms with van der Waals surface area (Å²) in [5, 5.41) is 3.12. The zero-order chi connectivity index (χ0) is 18.7. The first-order valence-electron chi connectivity index (χ1n) is 8.63. The number of carbonyl (C=O) groups excluding carboxylic acids is 1. The molecule has 1 unspecified atom stereocenters. The molecule has 0 radical (unpaired) electrons. The molecule has 0 fully saturated rings. The van der Waals surface area contributed by atoms with Gasteiger partial charge in [0.25, 0.3) is 5.56 Å². The summed E-state index contributed by atoms with van der Waals surface area (Å²) in [5.41, 5.74) is 3.73. The topological polar surface area (TPSA) is 94.8 Å². The van der Waals surface area contributed by atoms with Gasteiger partial charge in [-0.1, -0.05) is 54.1 Å². The Morgan fingerprint density at radius 2 is 1.56 bits per heavy atom. The van der Waals surface area contributed by atoms with Crippen molar-refractivity contribution < 1.29 is 4.79 Å². The molecule has 132 valence electrons. The van der Waals surface area contributed by atoms with Gasteiger partial charge in [0.1, 0.15) is 5.82 Å². The van der Waals surface area contributed by atoms with Gasteiger partial charge in [-0.2, -0.15) is 0 Å². The minimum Gasteiger partial charge on any atom is -0.340 e. The largest absolute Gasteiger partial charge is 0.340 e. The molecule has 0 saturated carbocycles. The molecule has 1 atom stereocenters. The molecule has 0 spiro atoms. The van der Waals surface area contributed by atoms with Gasteiger partial charge in [0.15, 0.2) is 5.78 Å². The van der Waals surface area contributed by atoms with E-state index in [1.807, 2.05) is 49.4 Å². The maximum absolute atomic E-state index is 13.2. The molecular formula is C21H15N3O3. The average molecular weight is 357 g/mol. The maximum Gasteiger partial charge on any atom is 0.327 e. The third-order valence-corrected chi connectivity index (χ3v) is 5.17. The molecule has 2 aromatic carbocycles. The lowest BCUT2D eigenvalue weighted by Crippen LogP contribution is -2.33. The smallest absolute Gasteiger partial charge is 0.327 e. The summed E-state index contributed by atoms with van der Waals surface area (Å²) >= 11 is 0. The lowest BCUT2D eigenvalue weighted by molar-refractivity contribution is 0.103. The van der Waals surface area contributed by atoms with Gasteiger partial charge in [0.2, 0.25) is 0 Å². The Morgan fingerprint density at radius 1 is 0.852 bits per heavy atom. The molecule has 3 aromatic rings. The summed E-state index contributed by atoms with van der Waals surface area (Å²) in [4.78, 5) is 42.6. The predicted octanol–water partition coefficient (Wildman–Crippen LogP) is 2.54. The van der Waals surface area contributed by atoms with E-state index in [1.165, 1.54) is 0 Å². The highest BCUT2D eigenvalue weighted by Crippen LogP contribution is 2.47. The van der Waals surface area contributed by atoms with E-state index >= 15 is 0 Å². The van der Waals surface area contributed by atoms with E-state index in [4.69, 9.17) is 0 Å². The molecule has 3 N–H and O–H groups in total. The fraction of sp³-hybridized carbons (Fsp3) is 0.0952. The number of carbonyl (C=O) groups is 1. The van der Waals surface area contributed by atoms with Crippen LogP contribution in [0.5, 0.6) is 0 Å². The molecule has 0 amide bonds. The van der Waals surface area contributed by atoms with Crippen LogP contribution in [-0.2, 0) is 0 Å². The first-order valence-corrected chi connectivity index (χ1v) is 8.63. The van der Waals surface area contributed by atoms with Crippen LogP contribution < -0.4 is 16.6 Å². The summed E-state index contributed by atoms with van der Waals surface area (Å²) in [6.07, 6.45) is 0. The molecule has 0 bridgehead atoms.